The van der Waals surface area contributed by atoms with Gasteiger partial charge in [0, 0.05) is 17.5 Å². The van der Waals surface area contributed by atoms with Crippen LogP contribution in [-0.2, 0) is 0 Å². The number of carbonyl (C=O) groups excluding carboxylic acids is 1. The van der Waals surface area contributed by atoms with Gasteiger partial charge in [0.25, 0.3) is 0 Å². The molecule has 0 amide bonds. The fourth-order valence-corrected chi connectivity index (χ4v) is 2.17. The Morgan fingerprint density at radius 2 is 1.80 bits per heavy atom. The molecular formula is C16H13FO3. The Balaban J connectivity index is 2.02. The molecule has 0 aromatic heterocycles. The third-order valence-electron chi connectivity index (χ3n) is 3.19. The van der Waals surface area contributed by atoms with Gasteiger partial charge in [-0.25, -0.2) is 4.39 Å². The van der Waals surface area contributed by atoms with Gasteiger partial charge in [0.15, 0.2) is 11.5 Å². The first-order valence-corrected chi connectivity index (χ1v) is 6.43. The van der Waals surface area contributed by atoms with Crippen LogP contribution in [-0.4, -0.2) is 19.5 Å². The minimum Gasteiger partial charge on any atom is -0.490 e. The number of rotatable bonds is 2. The molecule has 2 aromatic carbocycles. The first kappa shape index (κ1) is 12.7. The van der Waals surface area contributed by atoms with Crippen LogP contribution in [0.2, 0.25) is 0 Å². The van der Waals surface area contributed by atoms with Crippen LogP contribution in [0.5, 0.6) is 11.5 Å². The second-order valence-electron chi connectivity index (χ2n) is 4.57. The summed E-state index contributed by atoms with van der Waals surface area (Å²) in [4.78, 5) is 10.6. The number of ether oxygens (including phenoxy) is 2. The average Bonchev–Trinajstić information content (AvgIpc) is 2.71. The van der Waals surface area contributed by atoms with E-state index in [2.05, 4.69) is 0 Å². The topological polar surface area (TPSA) is 35.5 Å². The number of benzene rings is 2. The van der Waals surface area contributed by atoms with Gasteiger partial charge in [-0.15, -0.1) is 0 Å². The summed E-state index contributed by atoms with van der Waals surface area (Å²) >= 11 is 0. The van der Waals surface area contributed by atoms with Crippen LogP contribution in [0.1, 0.15) is 16.8 Å². The van der Waals surface area contributed by atoms with Crippen molar-refractivity contribution in [2.75, 3.05) is 13.2 Å². The number of hydrogen-bond donors (Lipinski definition) is 0. The summed E-state index contributed by atoms with van der Waals surface area (Å²) < 4.78 is 25.1. The Bertz CT molecular complexity index is 652. The quantitative estimate of drug-likeness (QED) is 0.785. The zero-order valence-electron chi connectivity index (χ0n) is 10.8. The van der Waals surface area contributed by atoms with Crippen LogP contribution in [0.3, 0.4) is 0 Å². The van der Waals surface area contributed by atoms with Gasteiger partial charge in [-0.05, 0) is 23.8 Å². The third kappa shape index (κ3) is 2.37. The predicted octanol–water partition coefficient (Wildman–Crippen LogP) is 3.47. The maximum absolute atomic E-state index is 14.0. The van der Waals surface area contributed by atoms with E-state index in [0.29, 0.717) is 47.7 Å². The molecule has 0 N–H and O–H groups in total. The van der Waals surface area contributed by atoms with Gasteiger partial charge < -0.3 is 9.47 Å². The molecule has 1 heterocycles. The molecule has 0 bridgehead atoms. The van der Waals surface area contributed by atoms with E-state index in [4.69, 9.17) is 9.47 Å². The summed E-state index contributed by atoms with van der Waals surface area (Å²) in [7, 11) is 0. The van der Waals surface area contributed by atoms with Gasteiger partial charge in [0.2, 0.25) is 0 Å². The molecule has 3 rings (SSSR count). The van der Waals surface area contributed by atoms with E-state index < -0.39 is 5.82 Å². The zero-order chi connectivity index (χ0) is 13.9. The molecule has 20 heavy (non-hydrogen) atoms. The Kier molecular flexibility index (Phi) is 3.37. The normalized spacial score (nSPS) is 13.7. The van der Waals surface area contributed by atoms with Gasteiger partial charge in [-0.2, -0.15) is 0 Å². The molecule has 0 aliphatic carbocycles. The van der Waals surface area contributed by atoms with Gasteiger partial charge in [-0.3, -0.25) is 4.79 Å². The van der Waals surface area contributed by atoms with Crippen LogP contribution >= 0.6 is 0 Å². The van der Waals surface area contributed by atoms with Crippen molar-refractivity contribution in [3.8, 4) is 22.6 Å². The summed E-state index contributed by atoms with van der Waals surface area (Å²) in [5.74, 6) is 0.874. The SMILES string of the molecule is O=Cc1ccc(-c2ccc3c(c2)OCCCO3)c(F)c1. The van der Waals surface area contributed by atoms with Gasteiger partial charge in [0.05, 0.1) is 13.2 Å². The van der Waals surface area contributed by atoms with E-state index in [1.54, 1.807) is 30.3 Å². The number of carbonyl (C=O) groups is 1. The highest BCUT2D eigenvalue weighted by molar-refractivity contribution is 5.77. The van der Waals surface area contributed by atoms with E-state index in [0.717, 1.165) is 6.42 Å². The van der Waals surface area contributed by atoms with Gasteiger partial charge >= 0.3 is 0 Å². The van der Waals surface area contributed by atoms with Crippen molar-refractivity contribution < 1.29 is 18.7 Å². The monoisotopic (exact) mass is 272 g/mol. The Morgan fingerprint density at radius 3 is 2.55 bits per heavy atom. The summed E-state index contributed by atoms with van der Waals surface area (Å²) in [5, 5.41) is 0. The fraction of sp³-hybridized carbons (Fsp3) is 0.188. The summed E-state index contributed by atoms with van der Waals surface area (Å²) in [6.45, 7) is 1.21. The molecule has 0 fully saturated rings. The van der Waals surface area contributed by atoms with E-state index >= 15 is 0 Å². The van der Waals surface area contributed by atoms with Gasteiger partial charge in [0.1, 0.15) is 12.1 Å². The average molecular weight is 272 g/mol. The molecule has 2 aromatic rings. The van der Waals surface area contributed by atoms with Crippen LogP contribution < -0.4 is 9.47 Å². The number of hydrogen-bond acceptors (Lipinski definition) is 3. The van der Waals surface area contributed by atoms with Crippen LogP contribution in [0.15, 0.2) is 36.4 Å². The number of halogens is 1. The van der Waals surface area contributed by atoms with Crippen LogP contribution in [0.25, 0.3) is 11.1 Å². The second-order valence-corrected chi connectivity index (χ2v) is 4.57. The highest BCUT2D eigenvalue weighted by Gasteiger charge is 2.13. The lowest BCUT2D eigenvalue weighted by Crippen LogP contribution is -1.97. The minimum atomic E-state index is -0.427. The maximum Gasteiger partial charge on any atom is 0.161 e. The highest BCUT2D eigenvalue weighted by atomic mass is 19.1. The highest BCUT2D eigenvalue weighted by Crippen LogP contribution is 2.35. The van der Waals surface area contributed by atoms with Crippen molar-refractivity contribution in [2.24, 2.45) is 0 Å². The van der Waals surface area contributed by atoms with E-state index in [9.17, 15) is 9.18 Å². The molecular weight excluding hydrogens is 259 g/mol. The van der Waals surface area contributed by atoms with Crippen LogP contribution in [0, 0.1) is 5.82 Å². The minimum absolute atomic E-state index is 0.320. The smallest absolute Gasteiger partial charge is 0.161 e. The molecule has 0 unspecified atom stereocenters. The Labute approximate surface area is 115 Å². The van der Waals surface area contributed by atoms with E-state index in [1.807, 2.05) is 0 Å². The summed E-state index contributed by atoms with van der Waals surface area (Å²) in [6.07, 6.45) is 1.45. The molecule has 1 aliphatic rings. The molecule has 0 radical (unpaired) electrons. The lowest BCUT2D eigenvalue weighted by molar-refractivity contribution is 0.112. The second kappa shape index (κ2) is 5.33. The predicted molar refractivity (Wildman–Crippen MR) is 72.8 cm³/mol. The lowest BCUT2D eigenvalue weighted by atomic mass is 10.0. The Hall–Kier alpha value is -2.36. The molecule has 4 heteroatoms. The first-order chi connectivity index (χ1) is 9.78. The van der Waals surface area contributed by atoms with Crippen molar-refractivity contribution in [3.05, 3.63) is 47.8 Å². The lowest BCUT2D eigenvalue weighted by Gasteiger charge is -2.10. The maximum atomic E-state index is 14.0. The molecule has 3 nitrogen and oxygen atoms in total. The first-order valence-electron chi connectivity index (χ1n) is 6.43. The molecule has 1 aliphatic heterocycles. The molecule has 0 spiro atoms. The van der Waals surface area contributed by atoms with Crippen molar-refractivity contribution >= 4 is 6.29 Å². The number of fused-ring (bicyclic) bond motifs is 1. The number of aldehydes is 1. The fourth-order valence-electron chi connectivity index (χ4n) is 2.17. The van der Waals surface area contributed by atoms with Crippen molar-refractivity contribution in [2.45, 2.75) is 6.42 Å². The summed E-state index contributed by atoms with van der Waals surface area (Å²) in [5.41, 5.74) is 1.45. The zero-order valence-corrected chi connectivity index (χ0v) is 10.8. The van der Waals surface area contributed by atoms with Gasteiger partial charge in [-0.1, -0.05) is 18.2 Å². The largest absolute Gasteiger partial charge is 0.490 e. The van der Waals surface area contributed by atoms with Crippen molar-refractivity contribution in [3.63, 3.8) is 0 Å². The molecule has 102 valence electrons. The van der Waals surface area contributed by atoms with Crippen molar-refractivity contribution in [1.82, 2.24) is 0 Å². The van der Waals surface area contributed by atoms with Crippen LogP contribution in [0.4, 0.5) is 4.39 Å². The van der Waals surface area contributed by atoms with E-state index in [-0.39, 0.29) is 0 Å². The molecule has 0 atom stereocenters. The summed E-state index contributed by atoms with van der Waals surface area (Å²) in [6, 6.07) is 9.74. The Morgan fingerprint density at radius 1 is 1.00 bits per heavy atom. The third-order valence-corrected chi connectivity index (χ3v) is 3.19. The molecule has 0 saturated heterocycles. The molecule has 0 saturated carbocycles. The van der Waals surface area contributed by atoms with Crippen molar-refractivity contribution in [1.29, 1.82) is 0 Å². The van der Waals surface area contributed by atoms with E-state index in [1.165, 1.54) is 6.07 Å². The standard InChI is InChI=1S/C16H13FO3/c17-14-8-11(10-18)2-4-13(14)12-3-5-15-16(9-12)20-7-1-6-19-15/h2-5,8-10H,1,6-7H2.